The first-order valence-electron chi connectivity index (χ1n) is 5.16. The molecule has 1 aliphatic rings. The minimum absolute atomic E-state index is 0.600. The molecule has 2 heterocycles. The fourth-order valence-electron chi connectivity index (χ4n) is 1.68. The number of nitrogens with two attached hydrogens (primary N) is 1. The maximum absolute atomic E-state index is 5.67. The molecule has 16 heavy (non-hydrogen) atoms. The topological polar surface area (TPSA) is 69.1 Å². The molecular formula is C11H11N5. The maximum Gasteiger partial charge on any atom is 0.250 e. The van der Waals surface area contributed by atoms with Gasteiger partial charge in [-0.2, -0.15) is 9.98 Å². The van der Waals surface area contributed by atoms with Crippen molar-refractivity contribution in [2.45, 2.75) is 13.0 Å². The van der Waals surface area contributed by atoms with Gasteiger partial charge in [0.1, 0.15) is 5.84 Å². The van der Waals surface area contributed by atoms with E-state index in [1.807, 2.05) is 30.3 Å². The maximum atomic E-state index is 5.67. The Morgan fingerprint density at radius 1 is 1.19 bits per heavy atom. The molecule has 2 N–H and O–H groups in total. The van der Waals surface area contributed by atoms with Crippen LogP contribution < -0.4 is 5.73 Å². The minimum atomic E-state index is 0.600. The first kappa shape index (κ1) is 9.08. The van der Waals surface area contributed by atoms with Crippen molar-refractivity contribution < 1.29 is 0 Å². The molecule has 1 aromatic heterocycles. The molecule has 0 bridgehead atoms. The van der Waals surface area contributed by atoms with Gasteiger partial charge in [0.25, 0.3) is 0 Å². The third-order valence-electron chi connectivity index (χ3n) is 2.51. The van der Waals surface area contributed by atoms with Gasteiger partial charge in [-0.15, -0.1) is 5.10 Å². The van der Waals surface area contributed by atoms with Crippen LogP contribution >= 0.6 is 0 Å². The Labute approximate surface area is 92.6 Å². The van der Waals surface area contributed by atoms with Crippen LogP contribution in [0.3, 0.4) is 0 Å². The smallest absolute Gasteiger partial charge is 0.250 e. The summed E-state index contributed by atoms with van der Waals surface area (Å²) in [5.74, 6) is 1.93. The number of aromatic nitrogens is 3. The van der Waals surface area contributed by atoms with Crippen molar-refractivity contribution in [1.29, 1.82) is 0 Å². The lowest BCUT2D eigenvalue weighted by atomic mass is 10.2. The molecule has 0 saturated carbocycles. The second-order valence-electron chi connectivity index (χ2n) is 3.68. The molecule has 2 aromatic rings. The first-order valence-corrected chi connectivity index (χ1v) is 5.16. The summed E-state index contributed by atoms with van der Waals surface area (Å²) in [6.07, 6.45) is 0.741. The molecule has 0 spiro atoms. The van der Waals surface area contributed by atoms with Crippen molar-refractivity contribution in [3.05, 3.63) is 30.3 Å². The van der Waals surface area contributed by atoms with Crippen LogP contribution in [0, 0.1) is 0 Å². The van der Waals surface area contributed by atoms with E-state index in [2.05, 4.69) is 15.1 Å². The number of aliphatic imine (C=N–C) groups is 1. The molecular weight excluding hydrogens is 202 g/mol. The van der Waals surface area contributed by atoms with Crippen LogP contribution in [0.15, 0.2) is 35.3 Å². The van der Waals surface area contributed by atoms with Gasteiger partial charge in [0, 0.05) is 12.0 Å². The van der Waals surface area contributed by atoms with Crippen molar-refractivity contribution in [2.75, 3.05) is 0 Å². The molecule has 3 rings (SSSR count). The summed E-state index contributed by atoms with van der Waals surface area (Å²) in [7, 11) is 0. The SMILES string of the molecule is NC1=Nc2nc(-c3ccccc3)nn2CC1. The third-order valence-corrected chi connectivity index (χ3v) is 2.51. The van der Waals surface area contributed by atoms with E-state index >= 15 is 0 Å². The average molecular weight is 213 g/mol. The lowest BCUT2D eigenvalue weighted by Crippen LogP contribution is -2.19. The summed E-state index contributed by atoms with van der Waals surface area (Å²) in [5, 5.41) is 4.40. The van der Waals surface area contributed by atoms with E-state index in [4.69, 9.17) is 5.73 Å². The summed E-state index contributed by atoms with van der Waals surface area (Å²) >= 11 is 0. The highest BCUT2D eigenvalue weighted by molar-refractivity contribution is 5.83. The molecule has 80 valence electrons. The zero-order valence-electron chi connectivity index (χ0n) is 8.67. The highest BCUT2D eigenvalue weighted by atomic mass is 15.4. The van der Waals surface area contributed by atoms with Gasteiger partial charge in [-0.05, 0) is 0 Å². The van der Waals surface area contributed by atoms with Gasteiger partial charge in [-0.25, -0.2) is 4.68 Å². The number of benzene rings is 1. The zero-order valence-corrected chi connectivity index (χ0v) is 8.67. The van der Waals surface area contributed by atoms with Crippen molar-refractivity contribution in [2.24, 2.45) is 10.7 Å². The number of rotatable bonds is 1. The molecule has 0 fully saturated rings. The van der Waals surface area contributed by atoms with E-state index in [0.717, 1.165) is 18.5 Å². The Hall–Kier alpha value is -2.17. The summed E-state index contributed by atoms with van der Waals surface area (Å²) in [6, 6.07) is 9.86. The van der Waals surface area contributed by atoms with Crippen molar-refractivity contribution in [1.82, 2.24) is 14.8 Å². The second-order valence-corrected chi connectivity index (χ2v) is 3.68. The monoisotopic (exact) mass is 213 g/mol. The number of nitrogens with zero attached hydrogens (tertiary/aromatic N) is 4. The molecule has 0 atom stereocenters. The van der Waals surface area contributed by atoms with Crippen LogP contribution in [0.25, 0.3) is 11.4 Å². The largest absolute Gasteiger partial charge is 0.387 e. The van der Waals surface area contributed by atoms with Crippen molar-refractivity contribution in [3.8, 4) is 11.4 Å². The lowest BCUT2D eigenvalue weighted by Gasteiger charge is -2.07. The average Bonchev–Trinajstić information content (AvgIpc) is 2.73. The van der Waals surface area contributed by atoms with Gasteiger partial charge in [-0.1, -0.05) is 30.3 Å². The minimum Gasteiger partial charge on any atom is -0.387 e. The van der Waals surface area contributed by atoms with Crippen molar-refractivity contribution >= 4 is 11.8 Å². The second kappa shape index (κ2) is 3.44. The number of fused-ring (bicyclic) bond motifs is 1. The quantitative estimate of drug-likeness (QED) is 0.777. The Morgan fingerprint density at radius 3 is 2.81 bits per heavy atom. The van der Waals surface area contributed by atoms with Crippen LogP contribution in [-0.2, 0) is 6.54 Å². The summed E-state index contributed by atoms with van der Waals surface area (Å²) in [4.78, 5) is 8.53. The van der Waals surface area contributed by atoms with Crippen LogP contribution in [-0.4, -0.2) is 20.6 Å². The van der Waals surface area contributed by atoms with Crippen LogP contribution in [0.4, 0.5) is 5.95 Å². The third kappa shape index (κ3) is 1.46. The van der Waals surface area contributed by atoms with Gasteiger partial charge in [0.15, 0.2) is 5.82 Å². The number of amidine groups is 1. The van der Waals surface area contributed by atoms with Crippen LogP contribution in [0.1, 0.15) is 6.42 Å². The number of aryl methyl sites for hydroxylation is 1. The number of hydrogen-bond donors (Lipinski definition) is 1. The highest BCUT2D eigenvalue weighted by Crippen LogP contribution is 2.21. The molecule has 5 heteroatoms. The van der Waals surface area contributed by atoms with Gasteiger partial charge in [-0.3, -0.25) is 0 Å². The molecule has 1 aromatic carbocycles. The van der Waals surface area contributed by atoms with E-state index in [1.54, 1.807) is 4.68 Å². The van der Waals surface area contributed by atoms with Crippen LogP contribution in [0.2, 0.25) is 0 Å². The van der Waals surface area contributed by atoms with E-state index < -0.39 is 0 Å². The van der Waals surface area contributed by atoms with Crippen molar-refractivity contribution in [3.63, 3.8) is 0 Å². The highest BCUT2D eigenvalue weighted by Gasteiger charge is 2.14. The van der Waals surface area contributed by atoms with Gasteiger partial charge in [0.05, 0.1) is 6.54 Å². The molecule has 5 nitrogen and oxygen atoms in total. The first-order chi connectivity index (χ1) is 7.83. The zero-order chi connectivity index (χ0) is 11.0. The van der Waals surface area contributed by atoms with E-state index in [1.165, 1.54) is 0 Å². The Morgan fingerprint density at radius 2 is 2.00 bits per heavy atom. The summed E-state index contributed by atoms with van der Waals surface area (Å²) < 4.78 is 1.79. The predicted molar refractivity (Wildman–Crippen MR) is 61.4 cm³/mol. The molecule has 0 saturated heterocycles. The van der Waals surface area contributed by atoms with Gasteiger partial charge < -0.3 is 5.73 Å². The fourth-order valence-corrected chi connectivity index (χ4v) is 1.68. The number of hydrogen-bond acceptors (Lipinski definition) is 4. The van der Waals surface area contributed by atoms with Gasteiger partial charge >= 0.3 is 0 Å². The summed E-state index contributed by atoms with van der Waals surface area (Å²) in [6.45, 7) is 0.754. The van der Waals surface area contributed by atoms with Crippen LogP contribution in [0.5, 0.6) is 0 Å². The van der Waals surface area contributed by atoms with E-state index in [-0.39, 0.29) is 0 Å². The molecule has 0 radical (unpaired) electrons. The predicted octanol–water partition coefficient (Wildman–Crippen LogP) is 1.34. The Balaban J connectivity index is 2.06. The molecule has 1 aliphatic heterocycles. The standard InChI is InChI=1S/C11H11N5/c12-9-6-7-16-11(13-9)14-10(15-16)8-4-2-1-3-5-8/h1-5H,6-7H2,(H2,12,13,14,15). The fraction of sp³-hybridized carbons (Fsp3) is 0.182. The normalized spacial score (nSPS) is 14.4. The molecule has 0 unspecified atom stereocenters. The lowest BCUT2D eigenvalue weighted by molar-refractivity contribution is 0.623. The molecule has 0 amide bonds. The van der Waals surface area contributed by atoms with E-state index in [9.17, 15) is 0 Å². The Kier molecular flexibility index (Phi) is 1.96. The van der Waals surface area contributed by atoms with Gasteiger partial charge in [0.2, 0.25) is 5.95 Å². The van der Waals surface area contributed by atoms with E-state index in [0.29, 0.717) is 17.6 Å². The summed E-state index contributed by atoms with van der Waals surface area (Å²) in [5.41, 5.74) is 6.66. The molecule has 0 aliphatic carbocycles. The Bertz CT molecular complexity index is 541.